The highest BCUT2D eigenvalue weighted by Crippen LogP contribution is 2.26. The molecule has 1 saturated heterocycles. The van der Waals surface area contributed by atoms with Crippen molar-refractivity contribution in [2.24, 2.45) is 0 Å². The summed E-state index contributed by atoms with van der Waals surface area (Å²) in [6.07, 6.45) is 0.585. The summed E-state index contributed by atoms with van der Waals surface area (Å²) in [7, 11) is 0. The van der Waals surface area contributed by atoms with Crippen LogP contribution in [0.4, 0.5) is 21.5 Å². The van der Waals surface area contributed by atoms with Crippen LogP contribution < -0.4 is 15.5 Å². The first-order chi connectivity index (χ1) is 14.2. The number of carbonyl (C=O) groups excluding carboxylic acids is 2. The van der Waals surface area contributed by atoms with E-state index in [2.05, 4.69) is 10.6 Å². The van der Waals surface area contributed by atoms with Crippen molar-refractivity contribution in [1.29, 1.82) is 0 Å². The van der Waals surface area contributed by atoms with E-state index in [1.165, 1.54) is 35.2 Å². The van der Waals surface area contributed by atoms with E-state index in [9.17, 15) is 24.1 Å². The number of rotatable bonds is 7. The number of carbonyl (C=O) groups is 2. The van der Waals surface area contributed by atoms with Gasteiger partial charge in [-0.25, -0.2) is 4.39 Å². The van der Waals surface area contributed by atoms with Gasteiger partial charge in [0.2, 0.25) is 11.8 Å². The molecule has 158 valence electrons. The van der Waals surface area contributed by atoms with Gasteiger partial charge in [-0.1, -0.05) is 17.7 Å². The Kier molecular flexibility index (Phi) is 6.63. The van der Waals surface area contributed by atoms with Crippen molar-refractivity contribution in [2.75, 3.05) is 16.8 Å². The fraction of sp³-hybridized carbons (Fsp3) is 0.300. The molecular formula is C20H20ClFN4O4. The molecule has 8 nitrogen and oxygen atoms in total. The van der Waals surface area contributed by atoms with Gasteiger partial charge in [0.1, 0.15) is 5.82 Å². The Morgan fingerprint density at radius 2 is 2.13 bits per heavy atom. The molecule has 0 spiro atoms. The highest BCUT2D eigenvalue weighted by atomic mass is 35.5. The summed E-state index contributed by atoms with van der Waals surface area (Å²) in [6, 6.07) is 9.06. The van der Waals surface area contributed by atoms with E-state index < -0.39 is 16.8 Å². The first-order valence-electron chi connectivity index (χ1n) is 9.31. The van der Waals surface area contributed by atoms with Gasteiger partial charge in [0.15, 0.2) is 0 Å². The van der Waals surface area contributed by atoms with E-state index in [0.717, 1.165) is 0 Å². The van der Waals surface area contributed by atoms with Crippen molar-refractivity contribution in [1.82, 2.24) is 5.32 Å². The monoisotopic (exact) mass is 434 g/mol. The summed E-state index contributed by atoms with van der Waals surface area (Å²) in [5.74, 6) is -1.13. The smallest absolute Gasteiger partial charge is 0.271 e. The number of nitrogens with zero attached hydrogens (tertiary/aromatic N) is 2. The number of halogens is 2. The first-order valence-corrected chi connectivity index (χ1v) is 9.69. The third-order valence-corrected chi connectivity index (χ3v) is 5.04. The van der Waals surface area contributed by atoms with Crippen LogP contribution in [-0.4, -0.2) is 35.4 Å². The van der Waals surface area contributed by atoms with Crippen LogP contribution in [0.5, 0.6) is 0 Å². The molecule has 10 heteroatoms. The lowest BCUT2D eigenvalue weighted by atomic mass is 10.1. The number of anilines is 2. The Hall–Kier alpha value is -3.04. The summed E-state index contributed by atoms with van der Waals surface area (Å²) in [4.78, 5) is 36.7. The van der Waals surface area contributed by atoms with E-state index in [0.29, 0.717) is 24.3 Å². The van der Waals surface area contributed by atoms with Gasteiger partial charge in [0.05, 0.1) is 16.0 Å². The van der Waals surface area contributed by atoms with Crippen molar-refractivity contribution >= 4 is 40.5 Å². The molecule has 2 N–H and O–H groups in total. The van der Waals surface area contributed by atoms with Crippen LogP contribution in [0, 0.1) is 15.9 Å². The lowest BCUT2D eigenvalue weighted by Gasteiger charge is -2.20. The van der Waals surface area contributed by atoms with Gasteiger partial charge in [-0.2, -0.15) is 0 Å². The maximum absolute atomic E-state index is 13.7. The Labute approximate surface area is 177 Å². The molecule has 2 amide bonds. The number of nitro benzene ring substituents is 1. The highest BCUT2D eigenvalue weighted by Gasteiger charge is 2.33. The number of non-ortho nitro benzene ring substituents is 1. The Balaban J connectivity index is 1.54. The fourth-order valence-corrected chi connectivity index (χ4v) is 3.45. The molecule has 1 fully saturated rings. The van der Waals surface area contributed by atoms with Gasteiger partial charge in [0, 0.05) is 42.5 Å². The SMILES string of the molecule is C[C@H](CC(=O)Nc1cccc([N+](=O)[O-])c1)N[C@H]1CCN(c2ccc(Cl)c(F)c2)C1=O. The molecule has 2 atom stereocenters. The van der Waals surface area contributed by atoms with Gasteiger partial charge < -0.3 is 15.5 Å². The zero-order valence-corrected chi connectivity index (χ0v) is 16.9. The Morgan fingerprint density at radius 3 is 2.83 bits per heavy atom. The molecule has 0 aliphatic carbocycles. The molecule has 0 aromatic heterocycles. The summed E-state index contributed by atoms with van der Waals surface area (Å²) in [5.41, 5.74) is 0.644. The lowest BCUT2D eigenvalue weighted by molar-refractivity contribution is -0.384. The molecule has 3 rings (SSSR count). The zero-order chi connectivity index (χ0) is 21.8. The van der Waals surface area contributed by atoms with Gasteiger partial charge in [-0.3, -0.25) is 19.7 Å². The Morgan fingerprint density at radius 1 is 1.37 bits per heavy atom. The van der Waals surface area contributed by atoms with E-state index in [1.54, 1.807) is 19.1 Å². The standard InChI is InChI=1S/C20H20ClFN4O4/c1-12(9-19(27)24-13-3-2-4-15(10-13)26(29)30)23-18-7-8-25(20(18)28)14-5-6-16(21)17(22)11-14/h2-6,10-12,18,23H,7-9H2,1H3,(H,24,27)/t12-,18+/m1/s1. The maximum atomic E-state index is 13.7. The normalized spacial score (nSPS) is 17.1. The molecule has 0 saturated carbocycles. The molecule has 0 bridgehead atoms. The van der Waals surface area contributed by atoms with Crippen LogP contribution in [0.3, 0.4) is 0 Å². The van der Waals surface area contributed by atoms with Gasteiger partial charge in [-0.15, -0.1) is 0 Å². The van der Waals surface area contributed by atoms with Crippen molar-refractivity contribution in [3.8, 4) is 0 Å². The number of nitro groups is 1. The number of hydrogen-bond acceptors (Lipinski definition) is 5. The zero-order valence-electron chi connectivity index (χ0n) is 16.1. The molecule has 30 heavy (non-hydrogen) atoms. The van der Waals surface area contributed by atoms with Gasteiger partial charge >= 0.3 is 0 Å². The number of hydrogen-bond donors (Lipinski definition) is 2. The van der Waals surface area contributed by atoms with Crippen molar-refractivity contribution in [3.63, 3.8) is 0 Å². The molecule has 0 radical (unpaired) electrons. The van der Waals surface area contributed by atoms with Crippen molar-refractivity contribution in [3.05, 3.63) is 63.4 Å². The summed E-state index contributed by atoms with van der Waals surface area (Å²) >= 11 is 5.69. The molecular weight excluding hydrogens is 415 g/mol. The number of benzene rings is 2. The Bertz CT molecular complexity index is 987. The highest BCUT2D eigenvalue weighted by molar-refractivity contribution is 6.30. The second kappa shape index (κ2) is 9.19. The molecule has 1 aliphatic rings. The second-order valence-electron chi connectivity index (χ2n) is 7.06. The largest absolute Gasteiger partial charge is 0.326 e. The predicted octanol–water partition coefficient (Wildman–Crippen LogP) is 3.50. The van der Waals surface area contributed by atoms with E-state index in [1.807, 2.05) is 0 Å². The minimum Gasteiger partial charge on any atom is -0.326 e. The van der Waals surface area contributed by atoms with Crippen molar-refractivity contribution < 1.29 is 18.9 Å². The van der Waals surface area contributed by atoms with Crippen LogP contribution in [0.25, 0.3) is 0 Å². The van der Waals surface area contributed by atoms with E-state index in [-0.39, 0.29) is 35.0 Å². The summed E-state index contributed by atoms with van der Waals surface area (Å²) < 4.78 is 13.7. The average Bonchev–Trinajstić information content (AvgIpc) is 3.04. The maximum Gasteiger partial charge on any atom is 0.271 e. The van der Waals surface area contributed by atoms with Crippen LogP contribution >= 0.6 is 11.6 Å². The number of amides is 2. The quantitative estimate of drug-likeness (QED) is 0.512. The average molecular weight is 435 g/mol. The second-order valence-corrected chi connectivity index (χ2v) is 7.46. The van der Waals surface area contributed by atoms with Gasteiger partial charge in [-0.05, 0) is 37.6 Å². The van der Waals surface area contributed by atoms with Crippen LogP contribution in [0.15, 0.2) is 42.5 Å². The van der Waals surface area contributed by atoms with E-state index in [4.69, 9.17) is 11.6 Å². The molecule has 1 heterocycles. The molecule has 2 aromatic carbocycles. The molecule has 0 unspecified atom stereocenters. The third kappa shape index (κ3) is 5.11. The van der Waals surface area contributed by atoms with Crippen LogP contribution in [0.1, 0.15) is 19.8 Å². The van der Waals surface area contributed by atoms with Gasteiger partial charge in [0.25, 0.3) is 5.69 Å². The first kappa shape index (κ1) is 21.7. The molecule has 2 aromatic rings. The number of nitrogens with one attached hydrogen (secondary N) is 2. The predicted molar refractivity (Wildman–Crippen MR) is 111 cm³/mol. The minimum absolute atomic E-state index is 0.0107. The molecule has 1 aliphatic heterocycles. The van der Waals surface area contributed by atoms with Crippen LogP contribution in [-0.2, 0) is 9.59 Å². The third-order valence-electron chi connectivity index (χ3n) is 4.74. The fourth-order valence-electron chi connectivity index (χ4n) is 3.33. The van der Waals surface area contributed by atoms with E-state index >= 15 is 0 Å². The lowest BCUT2D eigenvalue weighted by Crippen LogP contribution is -2.43. The van der Waals surface area contributed by atoms with Crippen molar-refractivity contribution in [2.45, 2.75) is 31.8 Å². The summed E-state index contributed by atoms with van der Waals surface area (Å²) in [5, 5.41) is 16.6. The topological polar surface area (TPSA) is 105 Å². The minimum atomic E-state index is -0.593. The van der Waals surface area contributed by atoms with Crippen LogP contribution in [0.2, 0.25) is 5.02 Å². The summed E-state index contributed by atoms with van der Waals surface area (Å²) in [6.45, 7) is 2.19.